The van der Waals surface area contributed by atoms with E-state index in [9.17, 15) is 4.79 Å². The first-order valence-corrected chi connectivity index (χ1v) is 11.4. The van der Waals surface area contributed by atoms with Crippen LogP contribution in [-0.2, 0) is 19.0 Å². The number of rotatable bonds is 8. The molecular weight excluding hydrogens is 342 g/mol. The van der Waals surface area contributed by atoms with Gasteiger partial charge in [0.25, 0.3) is 0 Å². The molecule has 3 rings (SSSR count). The predicted octanol–water partition coefficient (Wildman–Crippen LogP) is 3.94. The Morgan fingerprint density at radius 1 is 0.852 bits per heavy atom. The van der Waals surface area contributed by atoms with E-state index in [1.165, 1.54) is 32.1 Å². The van der Waals surface area contributed by atoms with Crippen molar-refractivity contribution in [2.45, 2.75) is 95.9 Å². The van der Waals surface area contributed by atoms with Crippen LogP contribution in [0.4, 0.5) is 0 Å². The molecule has 0 aromatic carbocycles. The summed E-state index contributed by atoms with van der Waals surface area (Å²) in [6, 6.07) is 0. The number of esters is 1. The van der Waals surface area contributed by atoms with E-state index in [4.69, 9.17) is 14.2 Å². The number of carbonyl (C=O) groups is 1. The minimum Gasteiger partial charge on any atom is -0.466 e. The average molecular weight is 382 g/mol. The van der Waals surface area contributed by atoms with Crippen molar-refractivity contribution in [1.29, 1.82) is 0 Å². The third-order valence-electron chi connectivity index (χ3n) is 6.53. The maximum absolute atomic E-state index is 11.8. The molecule has 1 heterocycles. The van der Waals surface area contributed by atoms with Crippen LogP contribution in [0.3, 0.4) is 0 Å². The Labute approximate surface area is 165 Å². The summed E-state index contributed by atoms with van der Waals surface area (Å²) in [6.45, 7) is 6.11. The fraction of sp³-hybridized carbons (Fsp3) is 0.955. The van der Waals surface area contributed by atoms with Crippen molar-refractivity contribution in [3.05, 3.63) is 0 Å². The first-order chi connectivity index (χ1) is 13.2. The number of ether oxygens (including phenoxy) is 3. The van der Waals surface area contributed by atoms with Gasteiger partial charge in [0.1, 0.15) is 0 Å². The van der Waals surface area contributed by atoms with Crippen molar-refractivity contribution in [3.8, 4) is 0 Å². The first-order valence-electron chi connectivity index (χ1n) is 11.4. The van der Waals surface area contributed by atoms with Crippen molar-refractivity contribution in [3.63, 3.8) is 0 Å². The highest BCUT2D eigenvalue weighted by Gasteiger charge is 2.27. The second-order valence-electron chi connectivity index (χ2n) is 8.53. The Morgan fingerprint density at radius 2 is 1.48 bits per heavy atom. The summed E-state index contributed by atoms with van der Waals surface area (Å²) in [5.74, 6) is 0.0853. The monoisotopic (exact) mass is 381 g/mol. The fourth-order valence-electron chi connectivity index (χ4n) is 4.81. The van der Waals surface area contributed by atoms with Gasteiger partial charge in [-0.15, -0.1) is 0 Å². The molecule has 156 valence electrons. The van der Waals surface area contributed by atoms with Gasteiger partial charge in [-0.3, -0.25) is 4.79 Å². The third-order valence-corrected chi connectivity index (χ3v) is 6.53. The molecule has 0 aromatic rings. The minimum atomic E-state index is -0.0133. The lowest BCUT2D eigenvalue weighted by molar-refractivity contribution is -0.149. The molecule has 5 nitrogen and oxygen atoms in total. The largest absolute Gasteiger partial charge is 0.466 e. The van der Waals surface area contributed by atoms with Crippen LogP contribution in [0.15, 0.2) is 0 Å². The standard InChI is InChI=1S/C22H39NO4/c1-2-25-22(24)18-12-14-23(15-13-18)16-17-26-19-8-10-21(11-9-19)27-20-6-4-3-5-7-20/h18-21H,2-17H2,1H3. The number of hydrogen-bond acceptors (Lipinski definition) is 5. The van der Waals surface area contributed by atoms with E-state index in [-0.39, 0.29) is 11.9 Å². The van der Waals surface area contributed by atoms with Gasteiger partial charge in [0.2, 0.25) is 0 Å². The van der Waals surface area contributed by atoms with Gasteiger partial charge >= 0.3 is 5.97 Å². The van der Waals surface area contributed by atoms with Crippen LogP contribution in [0.2, 0.25) is 0 Å². The van der Waals surface area contributed by atoms with Crippen LogP contribution in [0, 0.1) is 5.92 Å². The van der Waals surface area contributed by atoms with Crippen LogP contribution in [0.5, 0.6) is 0 Å². The van der Waals surface area contributed by atoms with Crippen molar-refractivity contribution in [1.82, 2.24) is 4.90 Å². The van der Waals surface area contributed by atoms with Crippen molar-refractivity contribution < 1.29 is 19.0 Å². The highest BCUT2D eigenvalue weighted by molar-refractivity contribution is 5.72. The van der Waals surface area contributed by atoms with Gasteiger partial charge in [-0.1, -0.05) is 19.3 Å². The SMILES string of the molecule is CCOC(=O)C1CCN(CCOC2CCC(OC3CCCCC3)CC2)CC1. The fourth-order valence-corrected chi connectivity index (χ4v) is 4.81. The van der Waals surface area contributed by atoms with Crippen LogP contribution in [0.25, 0.3) is 0 Å². The number of carbonyl (C=O) groups excluding carboxylic acids is 1. The molecule has 1 aliphatic heterocycles. The molecule has 2 aliphatic carbocycles. The Morgan fingerprint density at radius 3 is 2.15 bits per heavy atom. The number of nitrogens with zero attached hydrogens (tertiary/aromatic N) is 1. The molecule has 0 bridgehead atoms. The molecule has 0 unspecified atom stereocenters. The van der Waals surface area contributed by atoms with Crippen molar-refractivity contribution in [2.75, 3.05) is 32.8 Å². The minimum absolute atomic E-state index is 0.0133. The molecule has 1 saturated heterocycles. The molecule has 0 aromatic heterocycles. The summed E-state index contributed by atoms with van der Waals surface area (Å²) in [6.07, 6.45) is 14.5. The van der Waals surface area contributed by atoms with Gasteiger partial charge in [0.15, 0.2) is 0 Å². The lowest BCUT2D eigenvalue weighted by atomic mass is 9.93. The van der Waals surface area contributed by atoms with Crippen molar-refractivity contribution in [2.24, 2.45) is 5.92 Å². The second-order valence-corrected chi connectivity index (χ2v) is 8.53. The highest BCUT2D eigenvalue weighted by atomic mass is 16.5. The molecule has 5 heteroatoms. The normalized spacial score (nSPS) is 28.9. The zero-order valence-electron chi connectivity index (χ0n) is 17.2. The maximum Gasteiger partial charge on any atom is 0.309 e. The Bertz CT molecular complexity index is 422. The van der Waals surface area contributed by atoms with Gasteiger partial charge in [-0.25, -0.2) is 0 Å². The predicted molar refractivity (Wildman–Crippen MR) is 106 cm³/mol. The summed E-state index contributed by atoms with van der Waals surface area (Å²) in [7, 11) is 0. The van der Waals surface area contributed by atoms with Gasteiger partial charge in [-0.05, 0) is 71.4 Å². The summed E-state index contributed by atoms with van der Waals surface area (Å²) >= 11 is 0. The molecule has 3 aliphatic rings. The van der Waals surface area contributed by atoms with E-state index >= 15 is 0 Å². The van der Waals surface area contributed by atoms with E-state index in [1.54, 1.807) is 0 Å². The van der Waals surface area contributed by atoms with E-state index in [0.29, 0.717) is 24.9 Å². The zero-order valence-corrected chi connectivity index (χ0v) is 17.2. The van der Waals surface area contributed by atoms with Crippen LogP contribution < -0.4 is 0 Å². The summed E-state index contributed by atoms with van der Waals surface area (Å²) < 4.78 is 17.6. The molecule has 0 N–H and O–H groups in total. The Kier molecular flexibility index (Phi) is 8.88. The quantitative estimate of drug-likeness (QED) is 0.596. The molecule has 0 spiro atoms. The van der Waals surface area contributed by atoms with E-state index in [0.717, 1.165) is 64.8 Å². The van der Waals surface area contributed by atoms with Crippen LogP contribution in [0.1, 0.15) is 77.6 Å². The molecule has 0 radical (unpaired) electrons. The Hall–Kier alpha value is -0.650. The molecule has 3 fully saturated rings. The molecule has 27 heavy (non-hydrogen) atoms. The van der Waals surface area contributed by atoms with E-state index in [2.05, 4.69) is 4.90 Å². The summed E-state index contributed by atoms with van der Waals surface area (Å²) in [5.41, 5.74) is 0. The zero-order chi connectivity index (χ0) is 18.9. The van der Waals surface area contributed by atoms with E-state index < -0.39 is 0 Å². The van der Waals surface area contributed by atoms with Crippen LogP contribution in [-0.4, -0.2) is 62.0 Å². The summed E-state index contributed by atoms with van der Waals surface area (Å²) in [5, 5.41) is 0. The smallest absolute Gasteiger partial charge is 0.309 e. The second kappa shape index (κ2) is 11.4. The van der Waals surface area contributed by atoms with Crippen LogP contribution >= 0.6 is 0 Å². The van der Waals surface area contributed by atoms with Gasteiger partial charge in [0, 0.05) is 6.54 Å². The van der Waals surface area contributed by atoms with E-state index in [1.807, 2.05) is 6.92 Å². The Balaban J connectivity index is 1.23. The lowest BCUT2D eigenvalue weighted by Crippen LogP contribution is -2.39. The average Bonchev–Trinajstić information content (AvgIpc) is 2.71. The molecular formula is C22H39NO4. The van der Waals surface area contributed by atoms with Crippen molar-refractivity contribution >= 4 is 5.97 Å². The maximum atomic E-state index is 11.8. The molecule has 2 saturated carbocycles. The molecule has 0 atom stereocenters. The summed E-state index contributed by atoms with van der Waals surface area (Å²) in [4.78, 5) is 14.2. The van der Waals surface area contributed by atoms with Gasteiger partial charge < -0.3 is 19.1 Å². The first kappa shape index (κ1) is 21.1. The number of likely N-dealkylation sites (tertiary alicyclic amines) is 1. The number of hydrogen-bond donors (Lipinski definition) is 0. The van der Waals surface area contributed by atoms with Gasteiger partial charge in [0.05, 0.1) is 37.4 Å². The van der Waals surface area contributed by atoms with Gasteiger partial charge in [-0.2, -0.15) is 0 Å². The topological polar surface area (TPSA) is 48.0 Å². The number of piperidine rings is 1. The third kappa shape index (κ3) is 7.03. The lowest BCUT2D eigenvalue weighted by Gasteiger charge is -2.34. The highest BCUT2D eigenvalue weighted by Crippen LogP contribution is 2.28. The molecule has 0 amide bonds.